The predicted molar refractivity (Wildman–Crippen MR) is 70.3 cm³/mol. The van der Waals surface area contributed by atoms with Gasteiger partial charge in [-0.3, -0.25) is 4.79 Å². The van der Waals surface area contributed by atoms with Crippen molar-refractivity contribution >= 4 is 11.9 Å². The van der Waals surface area contributed by atoms with Crippen LogP contribution in [-0.4, -0.2) is 33.2 Å². The van der Waals surface area contributed by atoms with E-state index in [0.29, 0.717) is 5.82 Å². The molecule has 0 radical (unpaired) electrons. The molecular weight excluding hydrogens is 260 g/mol. The van der Waals surface area contributed by atoms with Crippen LogP contribution in [0.15, 0.2) is 24.4 Å². The molecule has 104 valence electrons. The zero-order valence-corrected chi connectivity index (χ0v) is 11.2. The van der Waals surface area contributed by atoms with Crippen LogP contribution in [0.4, 0.5) is 0 Å². The Morgan fingerprint density at radius 2 is 2.10 bits per heavy atom. The number of aromatic nitrogens is 3. The third kappa shape index (κ3) is 3.00. The summed E-state index contributed by atoms with van der Waals surface area (Å²) in [6.45, 7) is 3.35. The second-order valence-electron chi connectivity index (χ2n) is 4.29. The number of nitrogens with two attached hydrogens (primary N) is 1. The van der Waals surface area contributed by atoms with Gasteiger partial charge in [0.05, 0.1) is 11.3 Å². The van der Waals surface area contributed by atoms with Gasteiger partial charge in [0.2, 0.25) is 0 Å². The van der Waals surface area contributed by atoms with E-state index < -0.39 is 18.5 Å². The molecule has 0 atom stereocenters. The van der Waals surface area contributed by atoms with Crippen LogP contribution in [0.3, 0.4) is 0 Å². The van der Waals surface area contributed by atoms with Gasteiger partial charge in [0, 0.05) is 11.9 Å². The quantitative estimate of drug-likeness (QED) is 0.819. The largest absolute Gasteiger partial charge is 0.452 e. The van der Waals surface area contributed by atoms with Crippen LogP contribution in [0, 0.1) is 13.8 Å². The van der Waals surface area contributed by atoms with Crippen LogP contribution >= 0.6 is 0 Å². The van der Waals surface area contributed by atoms with Crippen molar-refractivity contribution in [3.63, 3.8) is 0 Å². The summed E-state index contributed by atoms with van der Waals surface area (Å²) in [5.41, 5.74) is 6.97. The molecule has 2 aromatic heterocycles. The third-order valence-electron chi connectivity index (χ3n) is 2.56. The van der Waals surface area contributed by atoms with Gasteiger partial charge in [0.1, 0.15) is 0 Å². The zero-order valence-electron chi connectivity index (χ0n) is 11.2. The number of carbonyl (C=O) groups is 2. The van der Waals surface area contributed by atoms with Crippen LogP contribution in [-0.2, 0) is 9.53 Å². The first kappa shape index (κ1) is 13.7. The van der Waals surface area contributed by atoms with Crippen LogP contribution in [0.2, 0.25) is 0 Å². The Morgan fingerprint density at radius 1 is 1.35 bits per heavy atom. The Morgan fingerprint density at radius 3 is 2.60 bits per heavy atom. The molecule has 0 bridgehead atoms. The maximum absolute atomic E-state index is 11.6. The Hall–Kier alpha value is -2.70. The van der Waals surface area contributed by atoms with Crippen molar-refractivity contribution in [2.45, 2.75) is 13.8 Å². The number of hydrogen-bond acceptors (Lipinski definition) is 5. The van der Waals surface area contributed by atoms with E-state index in [4.69, 9.17) is 5.73 Å². The third-order valence-corrected chi connectivity index (χ3v) is 2.56. The number of ether oxygens (including phenoxy) is 1. The van der Waals surface area contributed by atoms with E-state index in [1.54, 1.807) is 16.8 Å². The average molecular weight is 274 g/mol. The summed E-state index contributed by atoms with van der Waals surface area (Å²) in [5, 5.41) is 4.29. The first-order valence-electron chi connectivity index (χ1n) is 5.92. The van der Waals surface area contributed by atoms with Gasteiger partial charge in [-0.2, -0.15) is 5.10 Å². The summed E-state index contributed by atoms with van der Waals surface area (Å²) >= 11 is 0. The Balaban J connectivity index is 2.16. The fraction of sp³-hybridized carbons (Fsp3) is 0.231. The van der Waals surface area contributed by atoms with E-state index in [-0.39, 0.29) is 5.56 Å². The Labute approximate surface area is 115 Å². The molecule has 0 aliphatic carbocycles. The number of esters is 1. The van der Waals surface area contributed by atoms with Crippen molar-refractivity contribution in [2.75, 3.05) is 6.61 Å². The van der Waals surface area contributed by atoms with Crippen LogP contribution in [0.1, 0.15) is 21.7 Å². The number of aryl methyl sites for hydroxylation is 2. The van der Waals surface area contributed by atoms with Gasteiger partial charge in [-0.1, -0.05) is 0 Å². The lowest BCUT2D eigenvalue weighted by Gasteiger charge is -2.05. The second kappa shape index (κ2) is 5.52. The molecule has 0 aromatic carbocycles. The van der Waals surface area contributed by atoms with Gasteiger partial charge in [0.25, 0.3) is 5.91 Å². The fourth-order valence-corrected chi connectivity index (χ4v) is 1.71. The molecule has 0 saturated heterocycles. The lowest BCUT2D eigenvalue weighted by Crippen LogP contribution is -2.21. The van der Waals surface area contributed by atoms with Crippen molar-refractivity contribution in [1.29, 1.82) is 0 Å². The number of hydrogen-bond donors (Lipinski definition) is 1. The number of primary amides is 1. The molecule has 2 heterocycles. The smallest absolute Gasteiger partial charge is 0.340 e. The van der Waals surface area contributed by atoms with Gasteiger partial charge in [-0.05, 0) is 32.0 Å². The SMILES string of the molecule is Cc1cc(C)n(-c2ccc(C(=O)OCC(N)=O)cn2)n1. The number of amides is 1. The van der Waals surface area contributed by atoms with E-state index in [9.17, 15) is 9.59 Å². The molecule has 7 heteroatoms. The Bertz CT molecular complexity index is 646. The molecule has 20 heavy (non-hydrogen) atoms. The van der Waals surface area contributed by atoms with Crippen molar-refractivity contribution in [1.82, 2.24) is 14.8 Å². The minimum atomic E-state index is -0.703. The van der Waals surface area contributed by atoms with E-state index in [0.717, 1.165) is 11.4 Å². The lowest BCUT2D eigenvalue weighted by atomic mass is 10.3. The molecule has 0 saturated carbocycles. The van der Waals surface area contributed by atoms with E-state index >= 15 is 0 Å². The predicted octanol–water partition coefficient (Wildman–Crippen LogP) is 0.526. The minimum Gasteiger partial charge on any atom is -0.452 e. The number of carbonyl (C=O) groups excluding carboxylic acids is 2. The normalized spacial score (nSPS) is 10.3. The van der Waals surface area contributed by atoms with Gasteiger partial charge >= 0.3 is 5.97 Å². The lowest BCUT2D eigenvalue weighted by molar-refractivity contribution is -0.121. The molecule has 0 aliphatic heterocycles. The topological polar surface area (TPSA) is 100 Å². The van der Waals surface area contributed by atoms with Gasteiger partial charge in [-0.25, -0.2) is 14.5 Å². The molecule has 0 unspecified atom stereocenters. The molecule has 7 nitrogen and oxygen atoms in total. The maximum atomic E-state index is 11.6. The fourth-order valence-electron chi connectivity index (χ4n) is 1.71. The summed E-state index contributed by atoms with van der Waals surface area (Å²) in [5.74, 6) is -0.746. The van der Waals surface area contributed by atoms with E-state index in [2.05, 4.69) is 14.8 Å². The van der Waals surface area contributed by atoms with Crippen molar-refractivity contribution in [3.05, 3.63) is 41.3 Å². The molecular formula is C13H14N4O3. The second-order valence-corrected chi connectivity index (χ2v) is 4.29. The summed E-state index contributed by atoms with van der Waals surface area (Å²) in [4.78, 5) is 26.3. The van der Waals surface area contributed by atoms with E-state index in [1.165, 1.54) is 6.20 Å². The van der Waals surface area contributed by atoms with E-state index in [1.807, 2.05) is 19.9 Å². The first-order valence-corrected chi connectivity index (χ1v) is 5.92. The molecule has 2 rings (SSSR count). The number of pyridine rings is 1. The van der Waals surface area contributed by atoms with Crippen molar-refractivity contribution in [2.24, 2.45) is 5.73 Å². The summed E-state index contributed by atoms with van der Waals surface area (Å²) < 4.78 is 6.36. The highest BCUT2D eigenvalue weighted by Crippen LogP contribution is 2.10. The Kier molecular flexibility index (Phi) is 3.79. The molecule has 0 fully saturated rings. The maximum Gasteiger partial charge on any atom is 0.340 e. The van der Waals surface area contributed by atoms with Crippen molar-refractivity contribution < 1.29 is 14.3 Å². The summed E-state index contributed by atoms with van der Waals surface area (Å²) in [6.07, 6.45) is 1.37. The number of rotatable bonds is 4. The van der Waals surface area contributed by atoms with Gasteiger partial charge in [0.15, 0.2) is 12.4 Å². The average Bonchev–Trinajstić information content (AvgIpc) is 2.75. The highest BCUT2D eigenvalue weighted by molar-refractivity contribution is 5.90. The highest BCUT2D eigenvalue weighted by Gasteiger charge is 2.10. The first-order chi connectivity index (χ1) is 9.47. The van der Waals surface area contributed by atoms with Crippen LogP contribution < -0.4 is 5.73 Å². The molecule has 2 N–H and O–H groups in total. The monoisotopic (exact) mass is 274 g/mol. The van der Waals surface area contributed by atoms with Crippen molar-refractivity contribution in [3.8, 4) is 5.82 Å². The molecule has 0 spiro atoms. The summed E-state index contributed by atoms with van der Waals surface area (Å²) in [6, 6.07) is 5.14. The van der Waals surface area contributed by atoms with Gasteiger partial charge < -0.3 is 10.5 Å². The standard InChI is InChI=1S/C13H14N4O3/c1-8-5-9(2)17(16-8)12-4-3-10(6-15-12)13(19)20-7-11(14)18/h3-6H,7H2,1-2H3,(H2,14,18). The highest BCUT2D eigenvalue weighted by atomic mass is 16.5. The molecule has 0 aliphatic rings. The van der Waals surface area contributed by atoms with Crippen LogP contribution in [0.5, 0.6) is 0 Å². The zero-order chi connectivity index (χ0) is 14.7. The molecule has 1 amide bonds. The minimum absolute atomic E-state index is 0.247. The summed E-state index contributed by atoms with van der Waals surface area (Å²) in [7, 11) is 0. The molecule has 2 aromatic rings. The number of nitrogens with zero attached hydrogens (tertiary/aromatic N) is 3. The van der Waals surface area contributed by atoms with Crippen LogP contribution in [0.25, 0.3) is 5.82 Å². The van der Waals surface area contributed by atoms with Gasteiger partial charge in [-0.15, -0.1) is 0 Å².